The molecule has 0 unspecified atom stereocenters. The molecule has 12 heavy (non-hydrogen) atoms. The summed E-state index contributed by atoms with van der Waals surface area (Å²) in [6.45, 7) is 1.32. The summed E-state index contributed by atoms with van der Waals surface area (Å²) >= 11 is 0. The fourth-order valence-electron chi connectivity index (χ4n) is 0. The molecule has 0 atom stereocenters. The number of carbonyl (C=O) groups excluding carboxylic acids is 2. The first kappa shape index (κ1) is 39.2. The minimum atomic E-state index is 0. The van der Waals surface area contributed by atoms with Crippen LogP contribution in [0.15, 0.2) is 0 Å². The SMILES string of the molecule is C.CN.CN[C-]=O.C[C-]=O.[W].[W]. The average molecular weight is 516 g/mol. The Balaban J connectivity index is -0.0000000105. The molecule has 76 valence electrons. The van der Waals surface area contributed by atoms with Gasteiger partial charge in [-0.15, -0.1) is 0 Å². The Bertz CT molecular complexity index is 56.8. The number of rotatable bonds is 1. The summed E-state index contributed by atoms with van der Waals surface area (Å²) in [4.78, 5) is 17.6. The zero-order valence-corrected chi connectivity index (χ0v) is 12.6. The van der Waals surface area contributed by atoms with Crippen LogP contribution in [0.4, 0.5) is 0 Å². The molecule has 0 aromatic heterocycles. The van der Waals surface area contributed by atoms with Crippen LogP contribution in [-0.4, -0.2) is 26.8 Å². The van der Waals surface area contributed by atoms with Crippen LogP contribution in [0.5, 0.6) is 0 Å². The average Bonchev–Trinajstić information content (AvgIpc) is 1.94. The van der Waals surface area contributed by atoms with Gasteiger partial charge in [0.2, 0.25) is 0 Å². The molecular weight excluding hydrogens is 500 g/mol. The van der Waals surface area contributed by atoms with Crippen molar-refractivity contribution in [3.8, 4) is 0 Å². The molecule has 0 fully saturated rings. The molecule has 0 aliphatic rings. The summed E-state index contributed by atoms with van der Waals surface area (Å²) in [5.74, 6) is 0. The molecule has 0 aliphatic heterocycles. The van der Waals surface area contributed by atoms with E-state index in [1.54, 1.807) is 0 Å². The third kappa shape index (κ3) is 432. The van der Waals surface area contributed by atoms with E-state index in [0.717, 1.165) is 0 Å². The third-order valence-corrected chi connectivity index (χ3v) is 0.102. The van der Waals surface area contributed by atoms with Gasteiger partial charge in [-0.1, -0.05) is 7.43 Å². The molecule has 0 saturated heterocycles. The maximum Gasteiger partial charge on any atom is 0 e. The maximum atomic E-state index is 8.94. The molecule has 0 saturated carbocycles. The summed E-state index contributed by atoms with van der Waals surface area (Å²) in [5, 5.41) is 2.12. The Hall–Kier alpha value is 0.477. The van der Waals surface area contributed by atoms with Crippen LogP contribution in [0.25, 0.3) is 0 Å². The largest absolute Gasteiger partial charge is 0.542 e. The van der Waals surface area contributed by atoms with E-state index in [1.807, 2.05) is 0 Å². The van der Waals surface area contributed by atoms with Gasteiger partial charge in [0.1, 0.15) is 0 Å². The molecule has 0 aliphatic carbocycles. The molecule has 0 spiro atoms. The van der Waals surface area contributed by atoms with Gasteiger partial charge in [-0.3, -0.25) is 6.29 Å². The Labute approximate surface area is 104 Å². The summed E-state index contributed by atoms with van der Waals surface area (Å²) < 4.78 is 0. The maximum absolute atomic E-state index is 8.94. The Morgan fingerprint density at radius 3 is 1.25 bits per heavy atom. The number of hydrogen-bond donors (Lipinski definition) is 2. The minimum absolute atomic E-state index is 0. The van der Waals surface area contributed by atoms with Crippen molar-refractivity contribution in [3.05, 3.63) is 0 Å². The Morgan fingerprint density at radius 2 is 1.25 bits per heavy atom. The third-order valence-electron chi connectivity index (χ3n) is 0.102. The molecular formula is C6H16N2O2W2-2. The van der Waals surface area contributed by atoms with Crippen molar-refractivity contribution >= 4 is 12.7 Å². The molecule has 0 rings (SSSR count). The van der Waals surface area contributed by atoms with Gasteiger partial charge >= 0.3 is 0 Å². The second-order valence-electron chi connectivity index (χ2n) is 0.556. The molecule has 6 heteroatoms. The van der Waals surface area contributed by atoms with E-state index in [0.29, 0.717) is 0 Å². The van der Waals surface area contributed by atoms with Crippen LogP contribution >= 0.6 is 0 Å². The first-order valence-corrected chi connectivity index (χ1v) is 2.24. The van der Waals surface area contributed by atoms with E-state index in [2.05, 4.69) is 11.1 Å². The second kappa shape index (κ2) is 104. The van der Waals surface area contributed by atoms with Crippen molar-refractivity contribution in [3.63, 3.8) is 0 Å². The van der Waals surface area contributed by atoms with Crippen molar-refractivity contribution < 1.29 is 51.7 Å². The normalized spacial score (nSPS) is 3.33. The van der Waals surface area contributed by atoms with Crippen molar-refractivity contribution in [2.45, 2.75) is 14.4 Å². The zero-order chi connectivity index (χ0) is 8.12. The predicted molar refractivity (Wildman–Crippen MR) is 43.0 cm³/mol. The fourth-order valence-corrected chi connectivity index (χ4v) is 0. The molecule has 0 radical (unpaired) electrons. The van der Waals surface area contributed by atoms with Gasteiger partial charge in [-0.05, 0) is 14.1 Å². The molecule has 0 bridgehead atoms. The van der Waals surface area contributed by atoms with E-state index in [-0.39, 0.29) is 49.6 Å². The smallest absolute Gasteiger partial charge is 0 e. The minimum Gasteiger partial charge on any atom is -0.542 e. The van der Waals surface area contributed by atoms with E-state index < -0.39 is 0 Å². The predicted octanol–water partition coefficient (Wildman–Crippen LogP) is -0.405. The Morgan fingerprint density at radius 1 is 1.17 bits per heavy atom. The topological polar surface area (TPSA) is 72.2 Å². The van der Waals surface area contributed by atoms with E-state index >= 15 is 0 Å². The number of nitrogens with two attached hydrogens (primary N) is 1. The molecule has 4 nitrogen and oxygen atoms in total. The monoisotopic (exact) mass is 516 g/mol. The van der Waals surface area contributed by atoms with Gasteiger partial charge in [0, 0.05) is 42.1 Å². The second-order valence-corrected chi connectivity index (χ2v) is 0.556. The quantitative estimate of drug-likeness (QED) is 0.369. The molecule has 0 heterocycles. The molecule has 3 N–H and O–H groups in total. The van der Waals surface area contributed by atoms with Gasteiger partial charge in [0.25, 0.3) is 0 Å². The molecule has 1 amide bonds. The summed E-state index contributed by atoms with van der Waals surface area (Å²) in [6, 6.07) is 0. The van der Waals surface area contributed by atoms with Crippen molar-refractivity contribution in [2.75, 3.05) is 14.1 Å². The van der Waals surface area contributed by atoms with Crippen LogP contribution in [0.3, 0.4) is 0 Å². The van der Waals surface area contributed by atoms with Crippen molar-refractivity contribution in [1.82, 2.24) is 5.32 Å². The van der Waals surface area contributed by atoms with Gasteiger partial charge in [0.05, 0.1) is 0 Å². The van der Waals surface area contributed by atoms with E-state index in [4.69, 9.17) is 9.59 Å². The van der Waals surface area contributed by atoms with Crippen LogP contribution in [0.2, 0.25) is 0 Å². The van der Waals surface area contributed by atoms with Crippen LogP contribution in [0, 0.1) is 0 Å². The first-order chi connectivity index (χ1) is 4.33. The van der Waals surface area contributed by atoms with Crippen LogP contribution < -0.4 is 11.1 Å². The Kier molecular flexibility index (Phi) is 340. The number of amides is 1. The standard InChI is InChI=1S/C2H4NO.C2H3O.CH5N.CH4.2W/c1-3-2-4;1-2-3;1-2;;;/h1H3,(H,3,4);1H3;2H2,1H3;1H4;;/q2*-1;;;;. The van der Waals surface area contributed by atoms with Crippen molar-refractivity contribution in [2.24, 2.45) is 5.73 Å². The van der Waals surface area contributed by atoms with Gasteiger partial charge < -0.3 is 20.6 Å². The van der Waals surface area contributed by atoms with Crippen molar-refractivity contribution in [1.29, 1.82) is 0 Å². The van der Waals surface area contributed by atoms with Gasteiger partial charge in [-0.2, -0.15) is 13.3 Å². The fraction of sp³-hybridized carbons (Fsp3) is 0.667. The molecule has 0 aromatic rings. The summed E-state index contributed by atoms with van der Waals surface area (Å²) in [6.07, 6.45) is 2.93. The number of nitrogens with one attached hydrogen (secondary N) is 1. The van der Waals surface area contributed by atoms with E-state index in [9.17, 15) is 0 Å². The summed E-state index contributed by atoms with van der Waals surface area (Å²) in [7, 11) is 3.01. The van der Waals surface area contributed by atoms with Crippen LogP contribution in [0.1, 0.15) is 14.4 Å². The first-order valence-electron chi connectivity index (χ1n) is 2.24. The van der Waals surface area contributed by atoms with Gasteiger partial charge in [0.15, 0.2) is 0 Å². The van der Waals surface area contributed by atoms with E-state index in [1.165, 1.54) is 33.7 Å². The van der Waals surface area contributed by atoms with Gasteiger partial charge in [-0.25, -0.2) is 0 Å². The number of hydrogen-bond acceptors (Lipinski definition) is 3. The molecule has 0 aromatic carbocycles. The van der Waals surface area contributed by atoms with Crippen LogP contribution in [-0.2, 0) is 51.7 Å². The summed E-state index contributed by atoms with van der Waals surface area (Å²) in [5.41, 5.74) is 4.50. The zero-order valence-electron chi connectivity index (χ0n) is 6.71.